The van der Waals surface area contributed by atoms with E-state index < -0.39 is 0 Å². The van der Waals surface area contributed by atoms with Crippen molar-refractivity contribution < 1.29 is 9.32 Å². The SMILES string of the molecule is Cc1cc(C(=O)Nc2cccc(-c3ccc4ccn(-c5cc(N)ncn5)c4c3)c2)no1. The van der Waals surface area contributed by atoms with E-state index in [1.165, 1.54) is 6.33 Å². The van der Waals surface area contributed by atoms with Crippen LogP contribution in [0.4, 0.5) is 11.5 Å². The quantitative estimate of drug-likeness (QED) is 0.459. The number of nitrogen functional groups attached to an aromatic ring is 1. The molecule has 0 spiro atoms. The molecule has 0 saturated carbocycles. The highest BCUT2D eigenvalue weighted by atomic mass is 16.5. The maximum atomic E-state index is 12.4. The number of nitrogens with one attached hydrogen (secondary N) is 1. The number of amides is 1. The fourth-order valence-electron chi connectivity index (χ4n) is 3.45. The lowest BCUT2D eigenvalue weighted by molar-refractivity contribution is 0.101. The molecule has 3 aromatic heterocycles. The first-order valence-corrected chi connectivity index (χ1v) is 9.61. The van der Waals surface area contributed by atoms with Crippen molar-refractivity contribution in [2.24, 2.45) is 0 Å². The summed E-state index contributed by atoms with van der Waals surface area (Å²) in [6.07, 6.45) is 3.40. The van der Waals surface area contributed by atoms with Gasteiger partial charge in [-0.15, -0.1) is 0 Å². The molecular formula is C23H18N6O2. The van der Waals surface area contributed by atoms with Gasteiger partial charge in [0.05, 0.1) is 5.52 Å². The third-order valence-corrected chi connectivity index (χ3v) is 4.93. The Morgan fingerprint density at radius 2 is 1.90 bits per heavy atom. The zero-order chi connectivity index (χ0) is 21.4. The summed E-state index contributed by atoms with van der Waals surface area (Å²) in [5.74, 6) is 1.37. The number of fused-ring (bicyclic) bond motifs is 1. The summed E-state index contributed by atoms with van der Waals surface area (Å²) in [5, 5.41) is 7.69. The number of aromatic nitrogens is 4. The summed E-state index contributed by atoms with van der Waals surface area (Å²) in [4.78, 5) is 20.7. The molecule has 31 heavy (non-hydrogen) atoms. The Bertz CT molecular complexity index is 1420. The van der Waals surface area contributed by atoms with E-state index in [9.17, 15) is 4.79 Å². The lowest BCUT2D eigenvalue weighted by atomic mass is 10.0. The fourth-order valence-corrected chi connectivity index (χ4v) is 3.45. The number of nitrogens with two attached hydrogens (primary N) is 1. The molecular weight excluding hydrogens is 392 g/mol. The molecule has 0 aliphatic carbocycles. The number of anilines is 2. The second-order valence-electron chi connectivity index (χ2n) is 7.12. The number of nitrogens with zero attached hydrogens (tertiary/aromatic N) is 4. The summed E-state index contributed by atoms with van der Waals surface area (Å²) in [6, 6.07) is 19.2. The molecule has 0 radical (unpaired) electrons. The van der Waals surface area contributed by atoms with E-state index in [-0.39, 0.29) is 11.6 Å². The molecule has 0 fully saturated rings. The van der Waals surface area contributed by atoms with E-state index in [2.05, 4.69) is 32.6 Å². The topological polar surface area (TPSA) is 112 Å². The van der Waals surface area contributed by atoms with Crippen LogP contribution in [0.2, 0.25) is 0 Å². The van der Waals surface area contributed by atoms with Crippen LogP contribution in [0, 0.1) is 6.92 Å². The Morgan fingerprint density at radius 3 is 2.71 bits per heavy atom. The Labute approximate surface area is 177 Å². The van der Waals surface area contributed by atoms with Crippen molar-refractivity contribution in [3.8, 4) is 16.9 Å². The van der Waals surface area contributed by atoms with Crippen LogP contribution in [0.3, 0.4) is 0 Å². The second-order valence-corrected chi connectivity index (χ2v) is 7.12. The first kappa shape index (κ1) is 18.6. The fraction of sp³-hybridized carbons (Fsp3) is 0.0435. The average molecular weight is 410 g/mol. The largest absolute Gasteiger partial charge is 0.384 e. The maximum absolute atomic E-state index is 12.4. The van der Waals surface area contributed by atoms with Crippen LogP contribution < -0.4 is 11.1 Å². The highest BCUT2D eigenvalue weighted by molar-refractivity contribution is 6.03. The van der Waals surface area contributed by atoms with Crippen LogP contribution in [0.15, 0.2) is 77.7 Å². The van der Waals surface area contributed by atoms with Gasteiger partial charge in [-0.1, -0.05) is 29.4 Å². The number of rotatable bonds is 4. The molecule has 152 valence electrons. The molecule has 5 aromatic rings. The first-order valence-electron chi connectivity index (χ1n) is 9.61. The molecule has 5 rings (SSSR count). The van der Waals surface area contributed by atoms with E-state index in [1.807, 2.05) is 47.2 Å². The number of carbonyl (C=O) groups excluding carboxylic acids is 1. The van der Waals surface area contributed by atoms with Gasteiger partial charge >= 0.3 is 0 Å². The summed E-state index contributed by atoms with van der Waals surface area (Å²) >= 11 is 0. The number of carbonyl (C=O) groups is 1. The van der Waals surface area contributed by atoms with Gasteiger partial charge in [0.2, 0.25) is 0 Å². The van der Waals surface area contributed by atoms with Gasteiger partial charge in [-0.3, -0.25) is 4.79 Å². The third-order valence-electron chi connectivity index (χ3n) is 4.93. The zero-order valence-electron chi connectivity index (χ0n) is 16.6. The van der Waals surface area contributed by atoms with Gasteiger partial charge in [0.25, 0.3) is 5.91 Å². The standard InChI is InChI=1S/C23H18N6O2/c1-14-9-19(28-31-14)23(30)27-18-4-2-3-16(10-18)17-6-5-15-7-8-29(20(15)11-17)22-12-21(24)25-13-26-22/h2-13H,1H3,(H,27,30)(H2,24,25,26). The molecule has 8 heteroatoms. The maximum Gasteiger partial charge on any atom is 0.277 e. The molecule has 1 amide bonds. The van der Waals surface area contributed by atoms with Crippen molar-refractivity contribution in [3.05, 3.63) is 84.6 Å². The molecule has 0 atom stereocenters. The van der Waals surface area contributed by atoms with Gasteiger partial charge in [0.15, 0.2) is 5.69 Å². The Morgan fingerprint density at radius 1 is 1.03 bits per heavy atom. The van der Waals surface area contributed by atoms with Gasteiger partial charge in [-0.05, 0) is 42.3 Å². The van der Waals surface area contributed by atoms with E-state index in [4.69, 9.17) is 10.3 Å². The summed E-state index contributed by atoms with van der Waals surface area (Å²) < 4.78 is 6.94. The van der Waals surface area contributed by atoms with Crippen molar-refractivity contribution in [2.45, 2.75) is 6.92 Å². The van der Waals surface area contributed by atoms with E-state index >= 15 is 0 Å². The van der Waals surface area contributed by atoms with E-state index in [0.717, 1.165) is 22.0 Å². The molecule has 0 aliphatic rings. The van der Waals surface area contributed by atoms with E-state index in [0.29, 0.717) is 23.1 Å². The minimum absolute atomic E-state index is 0.242. The smallest absolute Gasteiger partial charge is 0.277 e. The lowest BCUT2D eigenvalue weighted by Gasteiger charge is -2.09. The van der Waals surface area contributed by atoms with Gasteiger partial charge in [0, 0.05) is 29.4 Å². The molecule has 2 aromatic carbocycles. The zero-order valence-corrected chi connectivity index (χ0v) is 16.6. The minimum Gasteiger partial charge on any atom is -0.384 e. The van der Waals surface area contributed by atoms with Gasteiger partial charge in [0.1, 0.15) is 23.7 Å². The monoisotopic (exact) mass is 410 g/mol. The van der Waals surface area contributed by atoms with Gasteiger partial charge in [-0.2, -0.15) is 0 Å². The van der Waals surface area contributed by atoms with Crippen LogP contribution in [0.1, 0.15) is 16.2 Å². The third kappa shape index (κ3) is 3.62. The van der Waals surface area contributed by atoms with Crippen molar-refractivity contribution in [1.82, 2.24) is 19.7 Å². The van der Waals surface area contributed by atoms with Crippen molar-refractivity contribution in [3.63, 3.8) is 0 Å². The Balaban J connectivity index is 1.49. The van der Waals surface area contributed by atoms with Crippen LogP contribution >= 0.6 is 0 Å². The molecule has 0 saturated heterocycles. The first-order chi connectivity index (χ1) is 15.1. The van der Waals surface area contributed by atoms with Gasteiger partial charge in [-0.25, -0.2) is 9.97 Å². The number of benzene rings is 2. The predicted octanol–water partition coefficient (Wildman–Crippen LogP) is 4.22. The number of aryl methyl sites for hydroxylation is 1. The van der Waals surface area contributed by atoms with Crippen molar-refractivity contribution in [2.75, 3.05) is 11.1 Å². The van der Waals surface area contributed by atoms with Crippen LogP contribution in [0.5, 0.6) is 0 Å². The highest BCUT2D eigenvalue weighted by Crippen LogP contribution is 2.28. The average Bonchev–Trinajstić information content (AvgIpc) is 3.40. The molecule has 0 unspecified atom stereocenters. The summed E-state index contributed by atoms with van der Waals surface area (Å²) in [6.45, 7) is 1.74. The predicted molar refractivity (Wildman–Crippen MR) is 118 cm³/mol. The van der Waals surface area contributed by atoms with Gasteiger partial charge < -0.3 is 20.1 Å². The normalized spacial score (nSPS) is 11.0. The van der Waals surface area contributed by atoms with Crippen LogP contribution in [-0.2, 0) is 0 Å². The number of hydrogen-bond acceptors (Lipinski definition) is 6. The van der Waals surface area contributed by atoms with Crippen LogP contribution in [0.25, 0.3) is 27.8 Å². The number of hydrogen-bond donors (Lipinski definition) is 2. The minimum atomic E-state index is -0.320. The second kappa shape index (κ2) is 7.42. The Hall–Kier alpha value is -4.46. The molecule has 3 heterocycles. The molecule has 3 N–H and O–H groups in total. The summed E-state index contributed by atoms with van der Waals surface area (Å²) in [7, 11) is 0. The van der Waals surface area contributed by atoms with Crippen molar-refractivity contribution in [1.29, 1.82) is 0 Å². The highest BCUT2D eigenvalue weighted by Gasteiger charge is 2.12. The van der Waals surface area contributed by atoms with Crippen molar-refractivity contribution >= 4 is 28.3 Å². The lowest BCUT2D eigenvalue weighted by Crippen LogP contribution is -2.12. The van der Waals surface area contributed by atoms with Crippen LogP contribution in [-0.4, -0.2) is 25.6 Å². The molecule has 8 nitrogen and oxygen atoms in total. The molecule has 0 bridgehead atoms. The Kier molecular flexibility index (Phi) is 4.44. The molecule has 0 aliphatic heterocycles. The van der Waals surface area contributed by atoms with E-state index in [1.54, 1.807) is 19.1 Å². The summed E-state index contributed by atoms with van der Waals surface area (Å²) in [5.41, 5.74) is 9.69.